The van der Waals surface area contributed by atoms with E-state index in [0.717, 1.165) is 31.6 Å². The molecule has 0 saturated carbocycles. The van der Waals surface area contributed by atoms with Gasteiger partial charge in [-0.15, -0.1) is 0 Å². The summed E-state index contributed by atoms with van der Waals surface area (Å²) in [6.45, 7) is 8.46. The van der Waals surface area contributed by atoms with Gasteiger partial charge < -0.3 is 15.5 Å². The molecule has 0 aromatic heterocycles. The summed E-state index contributed by atoms with van der Waals surface area (Å²) >= 11 is 0. The van der Waals surface area contributed by atoms with Gasteiger partial charge in [0.2, 0.25) is 5.91 Å². The second-order valence-corrected chi connectivity index (χ2v) is 5.92. The molecule has 1 aromatic carbocycles. The highest BCUT2D eigenvalue weighted by Crippen LogP contribution is 2.20. The maximum atomic E-state index is 12.2. The van der Waals surface area contributed by atoms with Crippen molar-refractivity contribution in [1.82, 2.24) is 5.32 Å². The molecule has 1 aliphatic rings. The van der Waals surface area contributed by atoms with E-state index >= 15 is 0 Å². The number of carbonyl (C=O) groups excluding carboxylic acids is 1. The summed E-state index contributed by atoms with van der Waals surface area (Å²) in [6.07, 6.45) is 3.23. The van der Waals surface area contributed by atoms with Crippen LogP contribution >= 0.6 is 0 Å². The standard InChI is InChI=1S/C17H27N3O/c1-4-20(13(2)3)15-10-8-14(9-11-15)19-17(21)16-7-5-6-12-18-16/h8-11,13,16,18H,4-7,12H2,1-3H3,(H,19,21)/t16-/m1/s1. The number of benzene rings is 1. The predicted octanol–water partition coefficient (Wildman–Crippen LogP) is 3.00. The number of nitrogens with zero attached hydrogens (tertiary/aromatic N) is 1. The number of anilines is 2. The van der Waals surface area contributed by atoms with Crippen molar-refractivity contribution in [3.8, 4) is 0 Å². The number of piperidine rings is 1. The lowest BCUT2D eigenvalue weighted by Gasteiger charge is -2.27. The van der Waals surface area contributed by atoms with Gasteiger partial charge in [0.1, 0.15) is 0 Å². The van der Waals surface area contributed by atoms with Crippen molar-refractivity contribution in [2.45, 2.75) is 52.1 Å². The molecule has 1 atom stereocenters. The van der Waals surface area contributed by atoms with Gasteiger partial charge in [0.05, 0.1) is 6.04 Å². The minimum absolute atomic E-state index is 0.0405. The van der Waals surface area contributed by atoms with Crippen LogP contribution in [0.15, 0.2) is 24.3 Å². The molecule has 2 N–H and O–H groups in total. The van der Waals surface area contributed by atoms with Crippen molar-refractivity contribution >= 4 is 17.3 Å². The zero-order valence-corrected chi connectivity index (χ0v) is 13.4. The Kier molecular flexibility index (Phi) is 5.62. The van der Waals surface area contributed by atoms with Gasteiger partial charge in [-0.05, 0) is 64.4 Å². The van der Waals surface area contributed by atoms with Crippen LogP contribution in [-0.2, 0) is 4.79 Å². The van der Waals surface area contributed by atoms with Crippen molar-refractivity contribution < 1.29 is 4.79 Å². The van der Waals surface area contributed by atoms with Crippen LogP contribution in [-0.4, -0.2) is 31.1 Å². The smallest absolute Gasteiger partial charge is 0.241 e. The van der Waals surface area contributed by atoms with E-state index in [1.807, 2.05) is 12.1 Å². The molecular formula is C17H27N3O. The van der Waals surface area contributed by atoms with Crippen LogP contribution in [0.25, 0.3) is 0 Å². The topological polar surface area (TPSA) is 44.4 Å². The van der Waals surface area contributed by atoms with Crippen LogP contribution in [0.5, 0.6) is 0 Å². The average molecular weight is 289 g/mol. The van der Waals surface area contributed by atoms with Gasteiger partial charge in [0.25, 0.3) is 0 Å². The molecule has 116 valence electrons. The van der Waals surface area contributed by atoms with Crippen LogP contribution < -0.4 is 15.5 Å². The van der Waals surface area contributed by atoms with Crippen molar-refractivity contribution in [1.29, 1.82) is 0 Å². The number of nitrogens with one attached hydrogen (secondary N) is 2. The summed E-state index contributed by atoms with van der Waals surface area (Å²) in [5, 5.41) is 6.28. The maximum absolute atomic E-state index is 12.2. The Labute approximate surface area is 127 Å². The summed E-state index contributed by atoms with van der Waals surface area (Å²) < 4.78 is 0. The SMILES string of the molecule is CCN(c1ccc(NC(=O)[C@H]2CCCCN2)cc1)C(C)C. The van der Waals surface area contributed by atoms with Crippen LogP contribution in [0.3, 0.4) is 0 Å². The predicted molar refractivity (Wildman–Crippen MR) is 88.9 cm³/mol. The highest BCUT2D eigenvalue weighted by Gasteiger charge is 2.20. The van der Waals surface area contributed by atoms with E-state index in [4.69, 9.17) is 0 Å². The molecule has 1 aromatic rings. The molecule has 0 radical (unpaired) electrons. The molecule has 2 rings (SSSR count). The highest BCUT2D eigenvalue weighted by atomic mass is 16.2. The molecular weight excluding hydrogens is 262 g/mol. The second-order valence-electron chi connectivity index (χ2n) is 5.92. The normalized spacial score (nSPS) is 18.6. The van der Waals surface area contributed by atoms with Gasteiger partial charge in [0, 0.05) is 24.0 Å². The Hall–Kier alpha value is -1.55. The fourth-order valence-electron chi connectivity index (χ4n) is 2.89. The number of amides is 1. The van der Waals surface area contributed by atoms with E-state index in [1.54, 1.807) is 0 Å². The van der Waals surface area contributed by atoms with E-state index in [9.17, 15) is 4.79 Å². The first-order valence-corrected chi connectivity index (χ1v) is 8.02. The molecule has 0 unspecified atom stereocenters. The molecule has 21 heavy (non-hydrogen) atoms. The molecule has 0 bridgehead atoms. The minimum Gasteiger partial charge on any atom is -0.369 e. The number of hydrogen-bond acceptors (Lipinski definition) is 3. The van der Waals surface area contributed by atoms with Crippen LogP contribution in [0, 0.1) is 0 Å². The molecule has 1 heterocycles. The van der Waals surface area contributed by atoms with E-state index in [1.165, 1.54) is 12.1 Å². The zero-order valence-electron chi connectivity index (χ0n) is 13.4. The second kappa shape index (κ2) is 7.46. The first-order valence-electron chi connectivity index (χ1n) is 8.02. The molecule has 0 aliphatic carbocycles. The van der Waals surface area contributed by atoms with Crippen LogP contribution in [0.1, 0.15) is 40.0 Å². The average Bonchev–Trinajstić information content (AvgIpc) is 2.50. The molecule has 1 aliphatic heterocycles. The van der Waals surface area contributed by atoms with Gasteiger partial charge in [-0.2, -0.15) is 0 Å². The van der Waals surface area contributed by atoms with Gasteiger partial charge in [-0.1, -0.05) is 6.42 Å². The molecule has 4 heteroatoms. The molecule has 0 spiro atoms. The molecule has 4 nitrogen and oxygen atoms in total. The quantitative estimate of drug-likeness (QED) is 0.876. The van der Waals surface area contributed by atoms with E-state index in [2.05, 4.69) is 48.4 Å². The lowest BCUT2D eigenvalue weighted by atomic mass is 10.0. The van der Waals surface area contributed by atoms with Crippen molar-refractivity contribution in [2.24, 2.45) is 0 Å². The van der Waals surface area contributed by atoms with Crippen molar-refractivity contribution in [3.05, 3.63) is 24.3 Å². The Morgan fingerprint density at radius 3 is 2.57 bits per heavy atom. The van der Waals surface area contributed by atoms with E-state index < -0.39 is 0 Å². The van der Waals surface area contributed by atoms with Crippen LogP contribution in [0.2, 0.25) is 0 Å². The van der Waals surface area contributed by atoms with Gasteiger partial charge in [-0.25, -0.2) is 0 Å². The summed E-state index contributed by atoms with van der Waals surface area (Å²) in [7, 11) is 0. The molecule has 1 fully saturated rings. The number of hydrogen-bond donors (Lipinski definition) is 2. The first-order chi connectivity index (χ1) is 10.1. The minimum atomic E-state index is -0.0405. The third-order valence-electron chi connectivity index (χ3n) is 4.06. The lowest BCUT2D eigenvalue weighted by molar-refractivity contribution is -0.118. The van der Waals surface area contributed by atoms with Gasteiger partial charge in [-0.3, -0.25) is 4.79 Å². The summed E-state index contributed by atoms with van der Waals surface area (Å²) in [5.74, 6) is 0.0821. The Morgan fingerprint density at radius 1 is 1.33 bits per heavy atom. The first kappa shape index (κ1) is 15.8. The number of rotatable bonds is 5. The summed E-state index contributed by atoms with van der Waals surface area (Å²) in [4.78, 5) is 14.5. The third-order valence-corrected chi connectivity index (χ3v) is 4.06. The van der Waals surface area contributed by atoms with Crippen molar-refractivity contribution in [3.63, 3.8) is 0 Å². The summed E-state index contributed by atoms with van der Waals surface area (Å²) in [6, 6.07) is 8.56. The number of carbonyl (C=O) groups is 1. The Balaban J connectivity index is 1.97. The zero-order chi connectivity index (χ0) is 15.2. The van der Waals surface area contributed by atoms with E-state index in [-0.39, 0.29) is 11.9 Å². The van der Waals surface area contributed by atoms with E-state index in [0.29, 0.717) is 6.04 Å². The Bertz CT molecular complexity index is 450. The van der Waals surface area contributed by atoms with Crippen LogP contribution in [0.4, 0.5) is 11.4 Å². The largest absolute Gasteiger partial charge is 0.369 e. The summed E-state index contributed by atoms with van der Waals surface area (Å²) in [5.41, 5.74) is 2.07. The monoisotopic (exact) mass is 289 g/mol. The third kappa shape index (κ3) is 4.21. The highest BCUT2D eigenvalue weighted by molar-refractivity contribution is 5.95. The van der Waals surface area contributed by atoms with Crippen molar-refractivity contribution in [2.75, 3.05) is 23.3 Å². The lowest BCUT2D eigenvalue weighted by Crippen LogP contribution is -2.43. The maximum Gasteiger partial charge on any atom is 0.241 e. The Morgan fingerprint density at radius 2 is 2.05 bits per heavy atom. The molecule has 1 saturated heterocycles. The fourth-order valence-corrected chi connectivity index (χ4v) is 2.89. The van der Waals surface area contributed by atoms with Gasteiger partial charge >= 0.3 is 0 Å². The molecule has 1 amide bonds. The van der Waals surface area contributed by atoms with Gasteiger partial charge in [0.15, 0.2) is 0 Å². The fraction of sp³-hybridized carbons (Fsp3) is 0.588.